The minimum atomic E-state index is 0.332. The van der Waals surface area contributed by atoms with Gasteiger partial charge in [0.2, 0.25) is 0 Å². The quantitative estimate of drug-likeness (QED) is 0.779. The van der Waals surface area contributed by atoms with Gasteiger partial charge >= 0.3 is 0 Å². The van der Waals surface area contributed by atoms with Crippen LogP contribution in [0.5, 0.6) is 11.6 Å². The zero-order valence-electron chi connectivity index (χ0n) is 8.19. The summed E-state index contributed by atoms with van der Waals surface area (Å²) in [5, 5.41) is 0. The number of nitrogens with two attached hydrogens (primary N) is 1. The van der Waals surface area contributed by atoms with Crippen LogP contribution in [0, 0.1) is 0 Å². The molecule has 1 fully saturated rings. The highest BCUT2D eigenvalue weighted by Gasteiger charge is 2.26. The topological polar surface area (TPSA) is 57.4 Å². The molecular formula is C10H14N2O2. The van der Waals surface area contributed by atoms with E-state index in [9.17, 15) is 0 Å². The van der Waals surface area contributed by atoms with Gasteiger partial charge in [-0.05, 0) is 18.9 Å². The van der Waals surface area contributed by atoms with E-state index >= 15 is 0 Å². The highest BCUT2D eigenvalue weighted by molar-refractivity contribution is 5.41. The molecule has 0 atom stereocenters. The van der Waals surface area contributed by atoms with Gasteiger partial charge in [0.25, 0.3) is 5.88 Å². The first-order valence-electron chi connectivity index (χ1n) is 4.73. The Morgan fingerprint density at radius 2 is 2.36 bits per heavy atom. The lowest BCUT2D eigenvalue weighted by molar-refractivity contribution is 0.274. The molecule has 1 heterocycles. The summed E-state index contributed by atoms with van der Waals surface area (Å²) >= 11 is 0. The molecule has 0 unspecified atom stereocenters. The molecule has 0 spiro atoms. The number of ether oxygens (including phenoxy) is 2. The predicted molar refractivity (Wildman–Crippen MR) is 52.3 cm³/mol. The fourth-order valence-corrected chi connectivity index (χ4v) is 1.25. The molecule has 14 heavy (non-hydrogen) atoms. The molecule has 76 valence electrons. The van der Waals surface area contributed by atoms with Gasteiger partial charge in [0.15, 0.2) is 5.75 Å². The Balaban J connectivity index is 2.29. The maximum Gasteiger partial charge on any atom is 0.257 e. The van der Waals surface area contributed by atoms with Crippen LogP contribution in [0.2, 0.25) is 0 Å². The van der Waals surface area contributed by atoms with Crippen molar-refractivity contribution in [2.45, 2.75) is 25.5 Å². The molecule has 2 rings (SSSR count). The van der Waals surface area contributed by atoms with Gasteiger partial charge in [-0.15, -0.1) is 0 Å². The summed E-state index contributed by atoms with van der Waals surface area (Å²) in [5.74, 6) is 1.24. The average molecular weight is 194 g/mol. The number of nitrogens with zero attached hydrogens (tertiary/aromatic N) is 1. The molecule has 1 aromatic heterocycles. The number of hydrogen-bond acceptors (Lipinski definition) is 4. The zero-order valence-corrected chi connectivity index (χ0v) is 8.19. The fourth-order valence-electron chi connectivity index (χ4n) is 1.25. The van der Waals surface area contributed by atoms with Crippen molar-refractivity contribution in [2.75, 3.05) is 7.11 Å². The lowest BCUT2D eigenvalue weighted by Crippen LogP contribution is -2.06. The molecule has 2 N–H and O–H groups in total. The lowest BCUT2D eigenvalue weighted by atomic mass is 10.2. The van der Waals surface area contributed by atoms with Gasteiger partial charge in [-0.2, -0.15) is 0 Å². The summed E-state index contributed by atoms with van der Waals surface area (Å²) in [6, 6.07) is 1.86. The monoisotopic (exact) mass is 194 g/mol. The van der Waals surface area contributed by atoms with Gasteiger partial charge in [0, 0.05) is 18.3 Å². The van der Waals surface area contributed by atoms with E-state index in [1.165, 1.54) is 0 Å². The third-order valence-corrected chi connectivity index (χ3v) is 2.18. The predicted octanol–water partition coefficient (Wildman–Crippen LogP) is 1.09. The van der Waals surface area contributed by atoms with Crippen molar-refractivity contribution in [1.29, 1.82) is 0 Å². The Hall–Kier alpha value is -1.29. The second-order valence-corrected chi connectivity index (χ2v) is 3.33. The Bertz CT molecular complexity index is 302. The number of hydrogen-bond donors (Lipinski definition) is 1. The summed E-state index contributed by atoms with van der Waals surface area (Å²) in [6.07, 6.45) is 4.24. The van der Waals surface area contributed by atoms with Crippen LogP contribution in [0.3, 0.4) is 0 Å². The molecule has 1 saturated carbocycles. The molecule has 0 bridgehead atoms. The van der Waals surface area contributed by atoms with E-state index in [0.29, 0.717) is 24.3 Å². The van der Waals surface area contributed by atoms with Crippen LogP contribution in [-0.2, 0) is 6.54 Å². The summed E-state index contributed by atoms with van der Waals surface area (Å²) in [5.41, 5.74) is 6.55. The Morgan fingerprint density at radius 1 is 1.57 bits per heavy atom. The van der Waals surface area contributed by atoms with E-state index in [0.717, 1.165) is 18.4 Å². The maximum absolute atomic E-state index is 5.70. The minimum absolute atomic E-state index is 0.332. The van der Waals surface area contributed by atoms with Crippen molar-refractivity contribution in [3.8, 4) is 11.6 Å². The number of pyridine rings is 1. The molecule has 1 aromatic rings. The summed E-state index contributed by atoms with van der Waals surface area (Å²) in [6.45, 7) is 0.445. The summed E-state index contributed by atoms with van der Waals surface area (Å²) in [7, 11) is 1.59. The summed E-state index contributed by atoms with van der Waals surface area (Å²) < 4.78 is 10.8. The van der Waals surface area contributed by atoms with E-state index in [2.05, 4.69) is 4.98 Å². The molecule has 4 nitrogen and oxygen atoms in total. The van der Waals surface area contributed by atoms with E-state index in [4.69, 9.17) is 15.2 Å². The van der Waals surface area contributed by atoms with Crippen molar-refractivity contribution in [2.24, 2.45) is 5.73 Å². The molecule has 1 aliphatic rings. The van der Waals surface area contributed by atoms with Crippen LogP contribution in [0.4, 0.5) is 0 Å². The second kappa shape index (κ2) is 3.84. The highest BCUT2D eigenvalue weighted by atomic mass is 16.5. The number of rotatable bonds is 4. The SMILES string of the molecule is COc1nccc(CN)c1OC1CC1. The molecule has 1 aliphatic carbocycles. The number of aromatic nitrogens is 1. The van der Waals surface area contributed by atoms with Crippen LogP contribution < -0.4 is 15.2 Å². The molecule has 0 aliphatic heterocycles. The fraction of sp³-hybridized carbons (Fsp3) is 0.500. The van der Waals surface area contributed by atoms with Crippen LogP contribution in [0.25, 0.3) is 0 Å². The molecule has 0 saturated heterocycles. The van der Waals surface area contributed by atoms with Crippen molar-refractivity contribution in [3.05, 3.63) is 17.8 Å². The van der Waals surface area contributed by atoms with E-state index in [1.54, 1.807) is 13.3 Å². The van der Waals surface area contributed by atoms with E-state index in [1.807, 2.05) is 6.07 Å². The second-order valence-electron chi connectivity index (χ2n) is 3.33. The van der Waals surface area contributed by atoms with Crippen molar-refractivity contribution >= 4 is 0 Å². The van der Waals surface area contributed by atoms with Crippen LogP contribution >= 0.6 is 0 Å². The van der Waals surface area contributed by atoms with Gasteiger partial charge in [0.1, 0.15) is 0 Å². The number of methoxy groups -OCH3 is 1. The maximum atomic E-state index is 5.70. The lowest BCUT2D eigenvalue weighted by Gasteiger charge is -2.12. The van der Waals surface area contributed by atoms with Gasteiger partial charge in [-0.3, -0.25) is 0 Å². The first-order valence-corrected chi connectivity index (χ1v) is 4.73. The Labute approximate surface area is 83.0 Å². The average Bonchev–Trinajstić information content (AvgIpc) is 3.02. The Morgan fingerprint density at radius 3 is 2.93 bits per heavy atom. The normalized spacial score (nSPS) is 15.3. The van der Waals surface area contributed by atoms with Gasteiger partial charge in [-0.1, -0.05) is 0 Å². The van der Waals surface area contributed by atoms with Gasteiger partial charge in [-0.25, -0.2) is 4.98 Å². The third-order valence-electron chi connectivity index (χ3n) is 2.18. The highest BCUT2D eigenvalue weighted by Crippen LogP contribution is 2.34. The van der Waals surface area contributed by atoms with Crippen molar-refractivity contribution < 1.29 is 9.47 Å². The smallest absolute Gasteiger partial charge is 0.257 e. The largest absolute Gasteiger partial charge is 0.484 e. The van der Waals surface area contributed by atoms with Gasteiger partial charge in [0.05, 0.1) is 13.2 Å². The summed E-state index contributed by atoms with van der Waals surface area (Å²) in [4.78, 5) is 4.08. The van der Waals surface area contributed by atoms with Crippen LogP contribution in [0.15, 0.2) is 12.3 Å². The van der Waals surface area contributed by atoms with Gasteiger partial charge < -0.3 is 15.2 Å². The van der Waals surface area contributed by atoms with E-state index < -0.39 is 0 Å². The standard InChI is InChI=1S/C10H14N2O2/c1-13-10-9(14-8-2-3-8)7(6-11)4-5-12-10/h4-5,8H,2-3,6,11H2,1H3. The van der Waals surface area contributed by atoms with Crippen LogP contribution in [-0.4, -0.2) is 18.2 Å². The molecule has 4 heteroatoms. The third kappa shape index (κ3) is 1.80. The van der Waals surface area contributed by atoms with Crippen molar-refractivity contribution in [1.82, 2.24) is 4.98 Å². The minimum Gasteiger partial charge on any atom is -0.484 e. The Kier molecular flexibility index (Phi) is 2.54. The molecular weight excluding hydrogens is 180 g/mol. The van der Waals surface area contributed by atoms with Crippen molar-refractivity contribution in [3.63, 3.8) is 0 Å². The molecule has 0 amide bonds. The molecule has 0 aromatic carbocycles. The first kappa shape index (κ1) is 9.27. The van der Waals surface area contributed by atoms with Crippen LogP contribution in [0.1, 0.15) is 18.4 Å². The van der Waals surface area contributed by atoms with E-state index in [-0.39, 0.29) is 0 Å². The zero-order chi connectivity index (χ0) is 9.97. The molecule has 0 radical (unpaired) electrons. The first-order chi connectivity index (χ1) is 6.85.